The normalized spacial score (nSPS) is 14.6. The van der Waals surface area contributed by atoms with Gasteiger partial charge in [0.25, 0.3) is 0 Å². The minimum atomic E-state index is -2.60. The summed E-state index contributed by atoms with van der Waals surface area (Å²) in [5.41, 5.74) is 1.17. The first-order chi connectivity index (χ1) is 7.09. The van der Waals surface area contributed by atoms with Crippen LogP contribution in [0.1, 0.15) is 12.5 Å². The Labute approximate surface area is 95.6 Å². The molecule has 0 aliphatic rings. The fourth-order valence-electron chi connectivity index (χ4n) is 1.00. The number of hydrogen-bond acceptors (Lipinski definition) is 4. The quantitative estimate of drug-likeness (QED) is 0.745. The maximum absolute atomic E-state index is 5.53. The monoisotopic (exact) mass is 246 g/mol. The van der Waals surface area contributed by atoms with Crippen molar-refractivity contribution in [3.05, 3.63) is 29.8 Å². The average molecular weight is 246 g/mol. The maximum atomic E-state index is 5.53. The van der Waals surface area contributed by atoms with Crippen molar-refractivity contribution in [2.24, 2.45) is 0 Å². The molecule has 0 spiro atoms. The predicted molar refractivity (Wildman–Crippen MR) is 64.7 cm³/mol. The first-order valence-corrected chi connectivity index (χ1v) is 7.22. The molecule has 0 aliphatic heterocycles. The van der Waals surface area contributed by atoms with E-state index in [1.807, 2.05) is 38.1 Å². The van der Waals surface area contributed by atoms with Gasteiger partial charge in [-0.2, -0.15) is 0 Å². The third kappa shape index (κ3) is 3.92. The molecule has 0 radical (unpaired) electrons. The lowest BCUT2D eigenvalue weighted by Gasteiger charge is -2.19. The Kier molecular flexibility index (Phi) is 4.74. The lowest BCUT2D eigenvalue weighted by atomic mass is 10.2. The van der Waals surface area contributed by atoms with E-state index in [2.05, 4.69) is 0 Å². The molecule has 1 aromatic rings. The van der Waals surface area contributed by atoms with Crippen molar-refractivity contribution >= 4 is 18.5 Å². The molecular formula is C10H15O3PS. The summed E-state index contributed by atoms with van der Waals surface area (Å²) in [6.07, 6.45) is 0. The van der Waals surface area contributed by atoms with Crippen molar-refractivity contribution in [2.45, 2.75) is 13.8 Å². The van der Waals surface area contributed by atoms with Crippen LogP contribution < -0.4 is 4.52 Å². The highest BCUT2D eigenvalue weighted by atomic mass is 32.5. The van der Waals surface area contributed by atoms with Crippen molar-refractivity contribution in [1.82, 2.24) is 0 Å². The van der Waals surface area contributed by atoms with Crippen LogP contribution in [-0.2, 0) is 20.9 Å². The van der Waals surface area contributed by atoms with Gasteiger partial charge < -0.3 is 9.05 Å². The second-order valence-corrected chi connectivity index (χ2v) is 5.99. The van der Waals surface area contributed by atoms with Crippen molar-refractivity contribution in [3.63, 3.8) is 0 Å². The fraction of sp³-hybridized carbons (Fsp3) is 0.400. The number of benzene rings is 1. The van der Waals surface area contributed by atoms with Crippen LogP contribution >= 0.6 is 6.72 Å². The molecule has 0 aromatic heterocycles. The maximum Gasteiger partial charge on any atom is 0.380 e. The van der Waals surface area contributed by atoms with E-state index >= 15 is 0 Å². The molecule has 84 valence electrons. The Hall–Kier alpha value is -0.410. The average Bonchev–Trinajstić information content (AvgIpc) is 2.22. The van der Waals surface area contributed by atoms with Gasteiger partial charge in [0.15, 0.2) is 0 Å². The molecule has 0 heterocycles. The van der Waals surface area contributed by atoms with Gasteiger partial charge in [0.2, 0.25) is 0 Å². The van der Waals surface area contributed by atoms with E-state index in [1.165, 1.54) is 12.7 Å². The Bertz CT molecular complexity index is 350. The summed E-state index contributed by atoms with van der Waals surface area (Å²) >= 11 is 5.16. The van der Waals surface area contributed by atoms with Gasteiger partial charge in [0, 0.05) is 18.9 Å². The van der Waals surface area contributed by atoms with E-state index in [0.29, 0.717) is 12.4 Å². The van der Waals surface area contributed by atoms with Crippen molar-refractivity contribution < 1.29 is 13.6 Å². The minimum Gasteiger partial charge on any atom is -0.424 e. The van der Waals surface area contributed by atoms with Crippen LogP contribution in [0.15, 0.2) is 24.3 Å². The van der Waals surface area contributed by atoms with Crippen molar-refractivity contribution in [2.75, 3.05) is 13.7 Å². The van der Waals surface area contributed by atoms with E-state index < -0.39 is 6.72 Å². The van der Waals surface area contributed by atoms with E-state index in [9.17, 15) is 0 Å². The van der Waals surface area contributed by atoms with Gasteiger partial charge in [0.1, 0.15) is 5.75 Å². The molecule has 0 fully saturated rings. The first kappa shape index (κ1) is 12.7. The molecule has 1 aromatic carbocycles. The summed E-state index contributed by atoms with van der Waals surface area (Å²) < 4.78 is 15.9. The molecule has 0 bridgehead atoms. The highest BCUT2D eigenvalue weighted by Crippen LogP contribution is 2.48. The van der Waals surface area contributed by atoms with Gasteiger partial charge >= 0.3 is 6.72 Å². The molecule has 1 rings (SSSR count). The molecule has 0 N–H and O–H groups in total. The van der Waals surface area contributed by atoms with Crippen LogP contribution in [0.5, 0.6) is 5.75 Å². The van der Waals surface area contributed by atoms with Gasteiger partial charge in [-0.1, -0.05) is 17.7 Å². The summed E-state index contributed by atoms with van der Waals surface area (Å²) in [5.74, 6) is 0.680. The van der Waals surface area contributed by atoms with Crippen LogP contribution in [0.3, 0.4) is 0 Å². The van der Waals surface area contributed by atoms with E-state index in [0.717, 1.165) is 0 Å². The van der Waals surface area contributed by atoms with Gasteiger partial charge in [0.05, 0.1) is 6.61 Å². The van der Waals surface area contributed by atoms with Gasteiger partial charge in [-0.3, -0.25) is 4.52 Å². The second-order valence-electron chi connectivity index (χ2n) is 2.95. The summed E-state index contributed by atoms with van der Waals surface area (Å²) in [6, 6.07) is 7.62. The van der Waals surface area contributed by atoms with E-state index in [4.69, 9.17) is 25.4 Å². The third-order valence-corrected chi connectivity index (χ3v) is 4.19. The third-order valence-electron chi connectivity index (χ3n) is 1.75. The Morgan fingerprint density at radius 3 is 2.33 bits per heavy atom. The lowest BCUT2D eigenvalue weighted by Crippen LogP contribution is -1.99. The molecule has 1 atom stereocenters. The molecule has 0 saturated heterocycles. The predicted octanol–water partition coefficient (Wildman–Crippen LogP) is 3.28. The molecule has 3 nitrogen and oxygen atoms in total. The molecule has 15 heavy (non-hydrogen) atoms. The van der Waals surface area contributed by atoms with Crippen molar-refractivity contribution in [1.29, 1.82) is 0 Å². The number of hydrogen-bond donors (Lipinski definition) is 0. The van der Waals surface area contributed by atoms with Gasteiger partial charge in [-0.05, 0) is 26.0 Å². The van der Waals surface area contributed by atoms with Crippen LogP contribution in [-0.4, -0.2) is 13.7 Å². The van der Waals surface area contributed by atoms with Gasteiger partial charge in [-0.15, -0.1) is 0 Å². The second kappa shape index (κ2) is 5.61. The first-order valence-electron chi connectivity index (χ1n) is 4.66. The highest BCUT2D eigenvalue weighted by Gasteiger charge is 2.19. The Morgan fingerprint density at radius 1 is 1.27 bits per heavy atom. The van der Waals surface area contributed by atoms with Crippen LogP contribution in [0.25, 0.3) is 0 Å². The molecule has 0 aliphatic carbocycles. The Morgan fingerprint density at radius 2 is 1.87 bits per heavy atom. The summed E-state index contributed by atoms with van der Waals surface area (Å²) in [7, 11) is 1.50. The largest absolute Gasteiger partial charge is 0.424 e. The molecule has 0 amide bonds. The topological polar surface area (TPSA) is 27.7 Å². The van der Waals surface area contributed by atoms with Crippen LogP contribution in [0, 0.1) is 6.92 Å². The molecule has 1 unspecified atom stereocenters. The van der Waals surface area contributed by atoms with Gasteiger partial charge in [-0.25, -0.2) is 0 Å². The van der Waals surface area contributed by atoms with E-state index in [1.54, 1.807) is 0 Å². The number of aryl methyl sites for hydroxylation is 1. The summed E-state index contributed by atoms with van der Waals surface area (Å²) in [5, 5.41) is 0. The van der Waals surface area contributed by atoms with E-state index in [-0.39, 0.29) is 0 Å². The zero-order valence-electron chi connectivity index (χ0n) is 9.10. The molecule has 0 saturated carbocycles. The lowest BCUT2D eigenvalue weighted by molar-refractivity contribution is 0.242. The minimum absolute atomic E-state index is 0.483. The Balaban J connectivity index is 2.75. The number of rotatable bonds is 5. The molecular weight excluding hydrogens is 231 g/mol. The summed E-state index contributed by atoms with van der Waals surface area (Å²) in [6.45, 7) is 1.75. The van der Waals surface area contributed by atoms with Crippen molar-refractivity contribution in [3.8, 4) is 5.75 Å². The molecule has 5 heteroatoms. The fourth-order valence-corrected chi connectivity index (χ4v) is 2.51. The summed E-state index contributed by atoms with van der Waals surface area (Å²) in [4.78, 5) is 0. The van der Waals surface area contributed by atoms with Crippen LogP contribution in [0.4, 0.5) is 0 Å². The zero-order valence-corrected chi connectivity index (χ0v) is 10.8. The highest BCUT2D eigenvalue weighted by molar-refractivity contribution is 8.07. The SMILES string of the molecule is CCOP(=S)(OC)Oc1ccc(C)cc1. The zero-order chi connectivity index (χ0) is 11.3. The smallest absolute Gasteiger partial charge is 0.380 e. The standard InChI is InChI=1S/C10H15O3PS/c1-4-12-14(15,11-3)13-10-7-5-9(2)6-8-10/h5-8H,4H2,1-3H3. The van der Waals surface area contributed by atoms with Crippen LogP contribution in [0.2, 0.25) is 0 Å².